The van der Waals surface area contributed by atoms with Gasteiger partial charge in [0.2, 0.25) is 5.91 Å². The van der Waals surface area contributed by atoms with E-state index in [9.17, 15) is 18.0 Å². The molecule has 2 unspecified atom stereocenters. The molecule has 1 aromatic carbocycles. The van der Waals surface area contributed by atoms with E-state index in [1.165, 1.54) is 13.2 Å². The van der Waals surface area contributed by atoms with Gasteiger partial charge in [-0.05, 0) is 18.2 Å². The van der Waals surface area contributed by atoms with Gasteiger partial charge < -0.3 is 20.5 Å². The van der Waals surface area contributed by atoms with Gasteiger partial charge in [-0.1, -0.05) is 0 Å². The normalized spacial score (nSPS) is 22.1. The van der Waals surface area contributed by atoms with Gasteiger partial charge in [-0.15, -0.1) is 0 Å². The summed E-state index contributed by atoms with van der Waals surface area (Å²) in [7, 11) is 1.27. The standard InChI is InChI=1S/C13H15F3N2O3/c1-20-7-2-3-11(9(4-7)13(14,15)16)18-12(19)8-5-21-6-10(8)17/h2-4,8,10H,5-6,17H2,1H3,(H,18,19). The number of amides is 1. The number of methoxy groups -OCH3 is 1. The molecule has 0 spiro atoms. The van der Waals surface area contributed by atoms with E-state index in [1.807, 2.05) is 0 Å². The number of hydrogen-bond donors (Lipinski definition) is 2. The summed E-state index contributed by atoms with van der Waals surface area (Å²) in [5, 5.41) is 2.27. The van der Waals surface area contributed by atoms with Crippen LogP contribution in [0, 0.1) is 5.92 Å². The summed E-state index contributed by atoms with van der Waals surface area (Å²) in [5.74, 6) is -1.19. The zero-order valence-corrected chi connectivity index (χ0v) is 11.2. The van der Waals surface area contributed by atoms with Crippen LogP contribution in [0.2, 0.25) is 0 Å². The molecule has 1 aliphatic heterocycles. The molecule has 3 N–H and O–H groups in total. The minimum atomic E-state index is -4.61. The lowest BCUT2D eigenvalue weighted by Crippen LogP contribution is -2.37. The number of carbonyl (C=O) groups is 1. The van der Waals surface area contributed by atoms with Crippen LogP contribution in [0.15, 0.2) is 18.2 Å². The Morgan fingerprint density at radius 2 is 2.14 bits per heavy atom. The zero-order chi connectivity index (χ0) is 15.6. The van der Waals surface area contributed by atoms with Crippen molar-refractivity contribution in [1.29, 1.82) is 0 Å². The van der Waals surface area contributed by atoms with Crippen molar-refractivity contribution in [2.75, 3.05) is 25.6 Å². The Balaban J connectivity index is 2.25. The summed E-state index contributed by atoms with van der Waals surface area (Å²) < 4.78 is 48.8. The quantitative estimate of drug-likeness (QED) is 0.890. The number of benzene rings is 1. The molecule has 1 fully saturated rings. The maximum absolute atomic E-state index is 13.0. The highest BCUT2D eigenvalue weighted by atomic mass is 19.4. The highest BCUT2D eigenvalue weighted by molar-refractivity contribution is 5.94. The Morgan fingerprint density at radius 1 is 1.43 bits per heavy atom. The third kappa shape index (κ3) is 3.45. The van der Waals surface area contributed by atoms with Crippen LogP contribution in [0.1, 0.15) is 5.56 Å². The highest BCUT2D eigenvalue weighted by Crippen LogP contribution is 2.37. The summed E-state index contributed by atoms with van der Waals surface area (Å²) in [5.41, 5.74) is 4.38. The number of carbonyl (C=O) groups excluding carboxylic acids is 1. The molecule has 0 aliphatic carbocycles. The molecule has 2 rings (SSSR count). The van der Waals surface area contributed by atoms with Crippen molar-refractivity contribution < 1.29 is 27.4 Å². The summed E-state index contributed by atoms with van der Waals surface area (Å²) in [6.45, 7) is 0.317. The third-order valence-electron chi connectivity index (χ3n) is 3.25. The van der Waals surface area contributed by atoms with Crippen molar-refractivity contribution in [1.82, 2.24) is 0 Å². The van der Waals surface area contributed by atoms with Crippen molar-refractivity contribution >= 4 is 11.6 Å². The van der Waals surface area contributed by atoms with Gasteiger partial charge in [0, 0.05) is 6.04 Å². The molecule has 8 heteroatoms. The average molecular weight is 304 g/mol. The predicted octanol–water partition coefficient (Wildman–Crippen LogP) is 1.63. The van der Waals surface area contributed by atoms with Crippen LogP contribution in [0.25, 0.3) is 0 Å². The summed E-state index contributed by atoms with van der Waals surface area (Å²) >= 11 is 0. The Hall–Kier alpha value is -1.80. The van der Waals surface area contributed by atoms with Crippen molar-refractivity contribution in [3.63, 3.8) is 0 Å². The van der Waals surface area contributed by atoms with Gasteiger partial charge in [-0.25, -0.2) is 0 Å². The molecule has 21 heavy (non-hydrogen) atoms. The van der Waals surface area contributed by atoms with Gasteiger partial charge in [-0.3, -0.25) is 4.79 Å². The van der Waals surface area contributed by atoms with E-state index in [2.05, 4.69) is 5.32 Å². The number of hydrogen-bond acceptors (Lipinski definition) is 4. The Morgan fingerprint density at radius 3 is 2.67 bits per heavy atom. The number of alkyl halides is 3. The van der Waals surface area contributed by atoms with Crippen LogP contribution in [-0.4, -0.2) is 32.3 Å². The molecule has 2 atom stereocenters. The zero-order valence-electron chi connectivity index (χ0n) is 11.2. The Bertz CT molecular complexity index is 534. The van der Waals surface area contributed by atoms with Gasteiger partial charge in [0.05, 0.1) is 37.5 Å². The summed E-state index contributed by atoms with van der Waals surface area (Å²) in [4.78, 5) is 12.0. The molecule has 0 bridgehead atoms. The fourth-order valence-electron chi connectivity index (χ4n) is 2.06. The molecule has 1 aliphatic rings. The monoisotopic (exact) mass is 304 g/mol. The molecule has 1 saturated heterocycles. The maximum atomic E-state index is 13.0. The second-order valence-corrected chi connectivity index (χ2v) is 4.71. The number of halogens is 3. The van der Waals surface area contributed by atoms with E-state index in [0.29, 0.717) is 0 Å². The minimum Gasteiger partial charge on any atom is -0.497 e. The number of ether oxygens (including phenoxy) is 2. The molecule has 0 radical (unpaired) electrons. The lowest BCUT2D eigenvalue weighted by Gasteiger charge is -2.18. The lowest BCUT2D eigenvalue weighted by atomic mass is 10.0. The molecule has 1 aromatic rings. The molecular weight excluding hydrogens is 289 g/mol. The number of rotatable bonds is 3. The van der Waals surface area contributed by atoms with E-state index in [-0.39, 0.29) is 24.7 Å². The van der Waals surface area contributed by atoms with E-state index in [1.54, 1.807) is 0 Å². The molecular formula is C13H15F3N2O3. The van der Waals surface area contributed by atoms with Crippen LogP contribution in [0.5, 0.6) is 5.75 Å². The molecule has 0 aromatic heterocycles. The first-order valence-corrected chi connectivity index (χ1v) is 6.22. The van der Waals surface area contributed by atoms with Crippen LogP contribution in [-0.2, 0) is 15.7 Å². The van der Waals surface area contributed by atoms with Gasteiger partial charge >= 0.3 is 6.18 Å². The highest BCUT2D eigenvalue weighted by Gasteiger charge is 2.36. The first-order valence-electron chi connectivity index (χ1n) is 6.22. The topological polar surface area (TPSA) is 73.6 Å². The third-order valence-corrected chi connectivity index (χ3v) is 3.25. The Kier molecular flexibility index (Phi) is 4.38. The van der Waals surface area contributed by atoms with Crippen LogP contribution in [0.3, 0.4) is 0 Å². The number of anilines is 1. The number of nitrogens with one attached hydrogen (secondary N) is 1. The van der Waals surface area contributed by atoms with Crippen molar-refractivity contribution in [2.24, 2.45) is 11.7 Å². The van der Waals surface area contributed by atoms with Crippen molar-refractivity contribution in [3.8, 4) is 5.75 Å². The van der Waals surface area contributed by atoms with E-state index >= 15 is 0 Å². The van der Waals surface area contributed by atoms with E-state index in [4.69, 9.17) is 15.2 Å². The maximum Gasteiger partial charge on any atom is 0.418 e. The molecule has 1 heterocycles. The lowest BCUT2D eigenvalue weighted by molar-refractivity contribution is -0.137. The smallest absolute Gasteiger partial charge is 0.418 e. The minimum absolute atomic E-state index is 0.0567. The fraction of sp³-hybridized carbons (Fsp3) is 0.462. The molecule has 1 amide bonds. The fourth-order valence-corrected chi connectivity index (χ4v) is 2.06. The molecule has 116 valence electrons. The summed E-state index contributed by atoms with van der Waals surface area (Å²) in [6, 6.07) is 2.81. The first kappa shape index (κ1) is 15.6. The number of nitrogens with two attached hydrogens (primary N) is 1. The van der Waals surface area contributed by atoms with Gasteiger partial charge in [0.15, 0.2) is 0 Å². The summed E-state index contributed by atoms with van der Waals surface area (Å²) in [6.07, 6.45) is -4.61. The van der Waals surface area contributed by atoms with Gasteiger partial charge in [0.1, 0.15) is 5.75 Å². The van der Waals surface area contributed by atoms with Crippen LogP contribution in [0.4, 0.5) is 18.9 Å². The second-order valence-electron chi connectivity index (χ2n) is 4.71. The molecule has 0 saturated carbocycles. The van der Waals surface area contributed by atoms with E-state index < -0.39 is 29.6 Å². The largest absolute Gasteiger partial charge is 0.497 e. The van der Waals surface area contributed by atoms with Crippen LogP contribution < -0.4 is 15.8 Å². The molecule has 5 nitrogen and oxygen atoms in total. The predicted molar refractivity (Wildman–Crippen MR) is 68.9 cm³/mol. The van der Waals surface area contributed by atoms with Crippen LogP contribution >= 0.6 is 0 Å². The average Bonchev–Trinajstić information content (AvgIpc) is 2.84. The Labute approximate surface area is 119 Å². The SMILES string of the molecule is COc1ccc(NC(=O)C2COCC2N)c(C(F)(F)F)c1. The van der Waals surface area contributed by atoms with Gasteiger partial charge in [0.25, 0.3) is 0 Å². The van der Waals surface area contributed by atoms with Crippen molar-refractivity contribution in [2.45, 2.75) is 12.2 Å². The second kappa shape index (κ2) is 5.90. The van der Waals surface area contributed by atoms with E-state index in [0.717, 1.165) is 12.1 Å². The van der Waals surface area contributed by atoms with Crippen molar-refractivity contribution in [3.05, 3.63) is 23.8 Å². The first-order chi connectivity index (χ1) is 9.82. The van der Waals surface area contributed by atoms with Gasteiger partial charge in [-0.2, -0.15) is 13.2 Å².